The maximum Gasteiger partial charge on any atom is 0.417 e. The van der Waals surface area contributed by atoms with Gasteiger partial charge in [-0.25, -0.2) is 0 Å². The number of benzene rings is 1. The second-order valence-corrected chi connectivity index (χ2v) is 4.44. The molecule has 0 bridgehead atoms. The van der Waals surface area contributed by atoms with E-state index in [1.165, 1.54) is 6.07 Å². The van der Waals surface area contributed by atoms with Gasteiger partial charge in [-0.05, 0) is 31.5 Å². The molecule has 2 nitrogen and oxygen atoms in total. The third kappa shape index (κ3) is 2.50. The Bertz CT molecular complexity index is 427. The number of nitrogens with one attached hydrogen (secondary N) is 1. The Labute approximate surface area is 101 Å². The highest BCUT2D eigenvalue weighted by Crippen LogP contribution is 2.40. The van der Waals surface area contributed by atoms with E-state index in [0.717, 1.165) is 19.4 Å². The summed E-state index contributed by atoms with van der Waals surface area (Å²) in [5.74, 6) is -0.360. The highest BCUT2D eigenvalue weighted by atomic mass is 35.5. The van der Waals surface area contributed by atoms with Crippen LogP contribution in [0, 0.1) is 0 Å². The van der Waals surface area contributed by atoms with Gasteiger partial charge in [0.2, 0.25) is 0 Å². The van der Waals surface area contributed by atoms with Gasteiger partial charge in [0, 0.05) is 11.6 Å². The third-order valence-corrected chi connectivity index (χ3v) is 3.17. The van der Waals surface area contributed by atoms with Crippen molar-refractivity contribution in [2.24, 2.45) is 0 Å². The number of phenolic OH excluding ortho intramolecular Hbond substituents is 1. The van der Waals surface area contributed by atoms with Gasteiger partial charge in [-0.15, -0.1) is 0 Å². The molecule has 0 saturated carbocycles. The molecule has 0 amide bonds. The Hall–Kier alpha value is -0.940. The molecule has 94 valence electrons. The van der Waals surface area contributed by atoms with Crippen LogP contribution in [0.2, 0.25) is 5.02 Å². The zero-order valence-corrected chi connectivity index (χ0v) is 9.57. The average molecular weight is 266 g/mol. The Morgan fingerprint density at radius 3 is 2.59 bits per heavy atom. The van der Waals surface area contributed by atoms with Gasteiger partial charge in [0.15, 0.2) is 0 Å². The summed E-state index contributed by atoms with van der Waals surface area (Å²) in [5, 5.41) is 12.4. The SMILES string of the molecule is Oc1cc(C(F)(F)F)c(Cl)cc1[C@@H]1CCCN1. The monoisotopic (exact) mass is 265 g/mol. The second kappa shape index (κ2) is 4.38. The molecule has 6 heteroatoms. The second-order valence-electron chi connectivity index (χ2n) is 4.04. The van der Waals surface area contributed by atoms with Gasteiger partial charge in [-0.1, -0.05) is 11.6 Å². The van der Waals surface area contributed by atoms with Crippen LogP contribution in [0.3, 0.4) is 0 Å². The summed E-state index contributed by atoms with van der Waals surface area (Å²) >= 11 is 5.61. The summed E-state index contributed by atoms with van der Waals surface area (Å²) in [7, 11) is 0. The van der Waals surface area contributed by atoms with Crippen molar-refractivity contribution in [2.75, 3.05) is 6.54 Å². The van der Waals surface area contributed by atoms with Crippen LogP contribution in [0.1, 0.15) is 30.0 Å². The first kappa shape index (κ1) is 12.5. The van der Waals surface area contributed by atoms with Crippen LogP contribution in [-0.2, 0) is 6.18 Å². The molecule has 2 rings (SSSR count). The Balaban J connectivity index is 2.41. The zero-order chi connectivity index (χ0) is 12.6. The Morgan fingerprint density at radius 2 is 2.06 bits per heavy atom. The topological polar surface area (TPSA) is 32.3 Å². The molecule has 0 radical (unpaired) electrons. The van der Waals surface area contributed by atoms with Crippen LogP contribution in [-0.4, -0.2) is 11.7 Å². The first-order valence-corrected chi connectivity index (χ1v) is 5.60. The molecule has 1 fully saturated rings. The van der Waals surface area contributed by atoms with Crippen LogP contribution in [0.15, 0.2) is 12.1 Å². The number of alkyl halides is 3. The molecule has 0 aliphatic carbocycles. The molecular weight excluding hydrogens is 255 g/mol. The van der Waals surface area contributed by atoms with Crippen molar-refractivity contribution in [2.45, 2.75) is 25.1 Å². The van der Waals surface area contributed by atoms with Gasteiger partial charge in [0.25, 0.3) is 0 Å². The summed E-state index contributed by atoms with van der Waals surface area (Å²) in [6, 6.07) is 1.77. The van der Waals surface area contributed by atoms with E-state index in [4.69, 9.17) is 11.6 Å². The molecule has 2 N–H and O–H groups in total. The number of rotatable bonds is 1. The summed E-state index contributed by atoms with van der Waals surface area (Å²) in [6.45, 7) is 0.794. The predicted molar refractivity (Wildman–Crippen MR) is 58.1 cm³/mol. The summed E-state index contributed by atoms with van der Waals surface area (Å²) < 4.78 is 37.6. The lowest BCUT2D eigenvalue weighted by Gasteiger charge is -2.16. The number of halogens is 4. The third-order valence-electron chi connectivity index (χ3n) is 2.86. The van der Waals surface area contributed by atoms with Gasteiger partial charge >= 0.3 is 6.18 Å². The molecule has 0 unspecified atom stereocenters. The van der Waals surface area contributed by atoms with Gasteiger partial charge < -0.3 is 10.4 Å². The van der Waals surface area contributed by atoms with Crippen molar-refractivity contribution >= 4 is 11.6 Å². The predicted octanol–water partition coefficient (Wildman–Crippen LogP) is 3.49. The lowest BCUT2D eigenvalue weighted by atomic mass is 10.0. The first-order chi connectivity index (χ1) is 7.89. The van der Waals surface area contributed by atoms with Crippen molar-refractivity contribution in [1.29, 1.82) is 0 Å². The van der Waals surface area contributed by atoms with Crippen LogP contribution in [0.25, 0.3) is 0 Å². The minimum absolute atomic E-state index is 0.116. The van der Waals surface area contributed by atoms with E-state index >= 15 is 0 Å². The van der Waals surface area contributed by atoms with Gasteiger partial charge in [-0.2, -0.15) is 13.2 Å². The fourth-order valence-corrected chi connectivity index (χ4v) is 2.30. The van der Waals surface area contributed by atoms with E-state index in [-0.39, 0.29) is 16.8 Å². The Kier molecular flexibility index (Phi) is 3.23. The Morgan fingerprint density at radius 1 is 1.35 bits per heavy atom. The molecular formula is C11H11ClF3NO. The lowest BCUT2D eigenvalue weighted by molar-refractivity contribution is -0.137. The van der Waals surface area contributed by atoms with Crippen LogP contribution < -0.4 is 5.32 Å². The lowest BCUT2D eigenvalue weighted by Crippen LogP contribution is -2.14. The standard InChI is InChI=1S/C11H11ClF3NO/c12-8-4-6(9-2-1-3-16-9)10(17)5-7(8)11(13,14)15/h4-5,9,16-17H,1-3H2/t9-/m0/s1. The quantitative estimate of drug-likeness (QED) is 0.815. The molecule has 1 aliphatic rings. The average Bonchev–Trinajstić information content (AvgIpc) is 2.72. The minimum atomic E-state index is -4.55. The fraction of sp³-hybridized carbons (Fsp3) is 0.455. The van der Waals surface area contributed by atoms with Gasteiger partial charge in [-0.3, -0.25) is 0 Å². The molecule has 1 aromatic rings. The maximum atomic E-state index is 12.5. The van der Waals surface area contributed by atoms with Crippen molar-refractivity contribution in [3.8, 4) is 5.75 Å². The van der Waals surface area contributed by atoms with Gasteiger partial charge in [0.05, 0.1) is 10.6 Å². The fourth-order valence-electron chi connectivity index (χ4n) is 2.02. The number of hydrogen-bond acceptors (Lipinski definition) is 2. The molecule has 0 spiro atoms. The van der Waals surface area contributed by atoms with Gasteiger partial charge in [0.1, 0.15) is 5.75 Å². The van der Waals surface area contributed by atoms with E-state index in [1.54, 1.807) is 0 Å². The number of aromatic hydroxyl groups is 1. The molecule has 1 aliphatic heterocycles. The van der Waals surface area contributed by atoms with Crippen molar-refractivity contribution < 1.29 is 18.3 Å². The molecule has 17 heavy (non-hydrogen) atoms. The smallest absolute Gasteiger partial charge is 0.417 e. The molecule has 1 aromatic carbocycles. The summed E-state index contributed by atoms with van der Waals surface area (Å²) in [4.78, 5) is 0. The van der Waals surface area contributed by atoms with E-state index in [1.807, 2.05) is 0 Å². The molecule has 1 atom stereocenters. The maximum absolute atomic E-state index is 12.5. The van der Waals surface area contributed by atoms with E-state index in [9.17, 15) is 18.3 Å². The normalized spacial score (nSPS) is 20.8. The largest absolute Gasteiger partial charge is 0.508 e. The van der Waals surface area contributed by atoms with Crippen molar-refractivity contribution in [3.63, 3.8) is 0 Å². The summed E-state index contributed by atoms with van der Waals surface area (Å²) in [6.07, 6.45) is -2.83. The van der Waals surface area contributed by atoms with E-state index < -0.39 is 11.7 Å². The van der Waals surface area contributed by atoms with Crippen LogP contribution in [0.4, 0.5) is 13.2 Å². The summed E-state index contributed by atoms with van der Waals surface area (Å²) in [5.41, 5.74) is -0.570. The first-order valence-electron chi connectivity index (χ1n) is 5.22. The zero-order valence-electron chi connectivity index (χ0n) is 8.81. The molecule has 0 aromatic heterocycles. The highest BCUT2D eigenvalue weighted by molar-refractivity contribution is 6.31. The van der Waals surface area contributed by atoms with Crippen LogP contribution in [0.5, 0.6) is 5.75 Å². The minimum Gasteiger partial charge on any atom is -0.508 e. The molecule has 1 saturated heterocycles. The molecule has 1 heterocycles. The van der Waals surface area contributed by atoms with Crippen molar-refractivity contribution in [3.05, 3.63) is 28.3 Å². The van der Waals surface area contributed by atoms with Crippen molar-refractivity contribution in [1.82, 2.24) is 5.32 Å². The number of phenols is 1. The van der Waals surface area contributed by atoms with Crippen LogP contribution >= 0.6 is 11.6 Å². The number of hydrogen-bond donors (Lipinski definition) is 2. The van der Waals surface area contributed by atoms with E-state index in [0.29, 0.717) is 11.6 Å². The van der Waals surface area contributed by atoms with E-state index in [2.05, 4.69) is 5.32 Å². The highest BCUT2D eigenvalue weighted by Gasteiger charge is 2.35.